The summed E-state index contributed by atoms with van der Waals surface area (Å²) in [4.78, 5) is 33.6. The van der Waals surface area contributed by atoms with E-state index in [1.165, 1.54) is 13.0 Å². The van der Waals surface area contributed by atoms with Gasteiger partial charge >= 0.3 is 0 Å². The van der Waals surface area contributed by atoms with Gasteiger partial charge in [0.2, 0.25) is 17.6 Å². The Balaban J connectivity index is 1.24. The number of Topliss-reactive ketones (excluding diaryl/α,β-unsaturated/α-hetero) is 1. The highest BCUT2D eigenvalue weighted by Crippen LogP contribution is 2.24. The fraction of sp³-hybridized carbons (Fsp3) is 0.333. The Morgan fingerprint density at radius 3 is 2.71 bits per heavy atom. The molecule has 10 heteroatoms. The van der Waals surface area contributed by atoms with E-state index in [1.54, 1.807) is 28.4 Å². The maximum Gasteiger partial charge on any atom is 0.241 e. The van der Waals surface area contributed by atoms with E-state index < -0.39 is 5.82 Å². The van der Waals surface area contributed by atoms with Crippen LogP contribution in [0.4, 0.5) is 4.39 Å². The molecule has 1 amide bonds. The van der Waals surface area contributed by atoms with Crippen LogP contribution >= 0.6 is 23.1 Å². The Kier molecular flexibility index (Phi) is 6.79. The third-order valence-electron chi connectivity index (χ3n) is 4.98. The normalized spacial score (nSPS) is 14.7. The van der Waals surface area contributed by atoms with E-state index in [1.807, 2.05) is 17.5 Å². The lowest BCUT2D eigenvalue weighted by Gasteiger charge is -2.33. The van der Waals surface area contributed by atoms with Crippen LogP contribution in [-0.4, -0.2) is 63.6 Å². The molecule has 2 aromatic heterocycles. The number of thioether (sulfide) groups is 1. The SMILES string of the molecule is CC(=O)c1ccc(SCC(=O)N2CCN(Cc3nc(-c4cccs4)no3)CC2)c(F)c1. The largest absolute Gasteiger partial charge is 0.339 e. The highest BCUT2D eigenvalue weighted by molar-refractivity contribution is 8.00. The van der Waals surface area contributed by atoms with Gasteiger partial charge in [0.15, 0.2) is 5.78 Å². The Morgan fingerprint density at radius 1 is 1.23 bits per heavy atom. The second kappa shape index (κ2) is 9.71. The van der Waals surface area contributed by atoms with E-state index in [0.717, 1.165) is 16.6 Å². The fourth-order valence-corrected chi connectivity index (χ4v) is 4.71. The second-order valence-corrected chi connectivity index (χ2v) is 9.10. The molecule has 0 saturated carbocycles. The van der Waals surface area contributed by atoms with E-state index in [4.69, 9.17) is 4.52 Å². The number of piperazine rings is 1. The molecular formula is C21H21FN4O3S2. The van der Waals surface area contributed by atoms with Gasteiger partial charge in [-0.15, -0.1) is 23.1 Å². The predicted molar refractivity (Wildman–Crippen MR) is 117 cm³/mol. The lowest BCUT2D eigenvalue weighted by atomic mass is 10.1. The number of ketones is 1. The van der Waals surface area contributed by atoms with Gasteiger partial charge < -0.3 is 9.42 Å². The van der Waals surface area contributed by atoms with Crippen molar-refractivity contribution in [2.75, 3.05) is 31.9 Å². The average Bonchev–Trinajstić information content (AvgIpc) is 3.45. The number of carbonyl (C=O) groups is 2. The molecular weight excluding hydrogens is 439 g/mol. The van der Waals surface area contributed by atoms with Crippen LogP contribution in [0.1, 0.15) is 23.2 Å². The molecule has 3 aromatic rings. The number of nitrogens with zero attached hydrogens (tertiary/aromatic N) is 4. The first kappa shape index (κ1) is 21.7. The van der Waals surface area contributed by atoms with Crippen LogP contribution in [0.15, 0.2) is 45.1 Å². The second-order valence-electron chi connectivity index (χ2n) is 7.14. The average molecular weight is 461 g/mol. The predicted octanol–water partition coefficient (Wildman–Crippen LogP) is 3.58. The smallest absolute Gasteiger partial charge is 0.241 e. The molecule has 1 fully saturated rings. The summed E-state index contributed by atoms with van der Waals surface area (Å²) in [5.41, 5.74) is 0.327. The summed E-state index contributed by atoms with van der Waals surface area (Å²) in [6, 6.07) is 8.25. The quantitative estimate of drug-likeness (QED) is 0.394. The first-order valence-corrected chi connectivity index (χ1v) is 11.7. The summed E-state index contributed by atoms with van der Waals surface area (Å²) in [5, 5.41) is 5.99. The van der Waals surface area contributed by atoms with Crippen LogP contribution in [0.3, 0.4) is 0 Å². The van der Waals surface area contributed by atoms with Gasteiger partial charge in [-0.2, -0.15) is 4.98 Å². The van der Waals surface area contributed by atoms with Crippen molar-refractivity contribution in [2.45, 2.75) is 18.4 Å². The zero-order valence-electron chi connectivity index (χ0n) is 16.9. The van der Waals surface area contributed by atoms with Gasteiger partial charge in [-0.25, -0.2) is 4.39 Å². The van der Waals surface area contributed by atoms with Crippen molar-refractivity contribution in [3.05, 3.63) is 53.0 Å². The van der Waals surface area contributed by atoms with Crippen molar-refractivity contribution in [1.29, 1.82) is 0 Å². The lowest BCUT2D eigenvalue weighted by molar-refractivity contribution is -0.130. The van der Waals surface area contributed by atoms with Crippen LogP contribution in [0.2, 0.25) is 0 Å². The molecule has 7 nitrogen and oxygen atoms in total. The number of hydrogen-bond acceptors (Lipinski definition) is 8. The molecule has 3 heterocycles. The Bertz CT molecular complexity index is 1060. The maximum atomic E-state index is 14.1. The molecule has 1 saturated heterocycles. The Morgan fingerprint density at radius 2 is 2.03 bits per heavy atom. The number of halogens is 1. The number of amides is 1. The van der Waals surface area contributed by atoms with Gasteiger partial charge in [-0.1, -0.05) is 17.3 Å². The van der Waals surface area contributed by atoms with Crippen LogP contribution in [-0.2, 0) is 11.3 Å². The third kappa shape index (κ3) is 5.38. The van der Waals surface area contributed by atoms with Gasteiger partial charge in [-0.05, 0) is 30.5 Å². The first-order chi connectivity index (χ1) is 15.0. The van der Waals surface area contributed by atoms with Crippen LogP contribution < -0.4 is 0 Å². The summed E-state index contributed by atoms with van der Waals surface area (Å²) >= 11 is 2.71. The van der Waals surface area contributed by atoms with E-state index in [-0.39, 0.29) is 17.4 Å². The van der Waals surface area contributed by atoms with Crippen LogP contribution in [0.5, 0.6) is 0 Å². The van der Waals surface area contributed by atoms with E-state index in [0.29, 0.717) is 54.9 Å². The maximum absolute atomic E-state index is 14.1. The highest BCUT2D eigenvalue weighted by atomic mass is 32.2. The molecule has 162 valence electrons. The zero-order valence-corrected chi connectivity index (χ0v) is 18.5. The number of thiophene rings is 1. The van der Waals surface area contributed by atoms with E-state index in [9.17, 15) is 14.0 Å². The van der Waals surface area contributed by atoms with Gasteiger partial charge in [-0.3, -0.25) is 14.5 Å². The fourth-order valence-electron chi connectivity index (χ4n) is 3.24. The summed E-state index contributed by atoms with van der Waals surface area (Å²) in [6.45, 7) is 4.53. The highest BCUT2D eigenvalue weighted by Gasteiger charge is 2.23. The number of aromatic nitrogens is 2. The van der Waals surface area contributed by atoms with Crippen molar-refractivity contribution >= 4 is 34.8 Å². The topological polar surface area (TPSA) is 79.5 Å². The molecule has 0 bridgehead atoms. The number of rotatable bonds is 7. The summed E-state index contributed by atoms with van der Waals surface area (Å²) in [6.07, 6.45) is 0. The molecule has 1 aromatic carbocycles. The molecule has 31 heavy (non-hydrogen) atoms. The third-order valence-corrected chi connectivity index (χ3v) is 6.88. The molecule has 0 atom stereocenters. The molecule has 4 rings (SSSR count). The molecule has 0 N–H and O–H groups in total. The van der Waals surface area contributed by atoms with Gasteiger partial charge in [0.1, 0.15) is 5.82 Å². The minimum atomic E-state index is -0.475. The zero-order chi connectivity index (χ0) is 21.8. The molecule has 0 spiro atoms. The minimum Gasteiger partial charge on any atom is -0.339 e. The molecule has 0 radical (unpaired) electrons. The summed E-state index contributed by atoms with van der Waals surface area (Å²) in [5.74, 6) is 0.619. The van der Waals surface area contributed by atoms with E-state index >= 15 is 0 Å². The van der Waals surface area contributed by atoms with Crippen molar-refractivity contribution in [2.24, 2.45) is 0 Å². The molecule has 1 aliphatic heterocycles. The minimum absolute atomic E-state index is 0.0301. The van der Waals surface area contributed by atoms with Gasteiger partial charge in [0.05, 0.1) is 17.2 Å². The van der Waals surface area contributed by atoms with Crippen molar-refractivity contribution in [3.63, 3.8) is 0 Å². The molecule has 1 aliphatic rings. The summed E-state index contributed by atoms with van der Waals surface area (Å²) in [7, 11) is 0. The first-order valence-electron chi connectivity index (χ1n) is 9.79. The van der Waals surface area contributed by atoms with Crippen molar-refractivity contribution < 1.29 is 18.5 Å². The van der Waals surface area contributed by atoms with Crippen LogP contribution in [0.25, 0.3) is 10.7 Å². The van der Waals surface area contributed by atoms with Crippen LogP contribution in [0, 0.1) is 5.82 Å². The van der Waals surface area contributed by atoms with Gasteiger partial charge in [0.25, 0.3) is 0 Å². The molecule has 0 aliphatic carbocycles. The van der Waals surface area contributed by atoms with Crippen molar-refractivity contribution in [3.8, 4) is 10.7 Å². The van der Waals surface area contributed by atoms with Gasteiger partial charge in [0, 0.05) is 36.6 Å². The Labute approximate surface area is 187 Å². The number of hydrogen-bond donors (Lipinski definition) is 0. The lowest BCUT2D eigenvalue weighted by Crippen LogP contribution is -2.48. The standard InChI is InChI=1S/C21H21FN4O3S2/c1-14(27)15-4-5-17(16(22)11-15)31-13-20(28)26-8-6-25(7-9-26)12-19-23-21(24-29-19)18-3-2-10-30-18/h2-5,10-11H,6-9,12-13H2,1H3. The van der Waals surface area contributed by atoms with Crippen molar-refractivity contribution in [1.82, 2.24) is 19.9 Å². The summed E-state index contributed by atoms with van der Waals surface area (Å²) < 4.78 is 19.5. The number of benzene rings is 1. The molecule has 0 unspecified atom stereocenters. The number of carbonyl (C=O) groups excluding carboxylic acids is 2. The Hall–Kier alpha value is -2.56. The van der Waals surface area contributed by atoms with E-state index in [2.05, 4.69) is 15.0 Å². The monoisotopic (exact) mass is 460 g/mol.